The number of benzene rings is 1. The van der Waals surface area contributed by atoms with E-state index in [-0.39, 0.29) is 5.91 Å². The summed E-state index contributed by atoms with van der Waals surface area (Å²) in [6.45, 7) is 4.73. The van der Waals surface area contributed by atoms with E-state index in [1.54, 1.807) is 7.05 Å². The number of amides is 1. The molecule has 2 aromatic rings. The summed E-state index contributed by atoms with van der Waals surface area (Å²) < 4.78 is 1.50. The summed E-state index contributed by atoms with van der Waals surface area (Å²) in [6.07, 6.45) is 2.57. The lowest BCUT2D eigenvalue weighted by atomic mass is 10.1. The molecule has 23 heavy (non-hydrogen) atoms. The van der Waals surface area contributed by atoms with Crippen LogP contribution in [0.15, 0.2) is 30.5 Å². The van der Waals surface area contributed by atoms with E-state index >= 15 is 0 Å². The predicted molar refractivity (Wildman–Crippen MR) is 92.1 cm³/mol. The highest BCUT2D eigenvalue weighted by Gasteiger charge is 2.24. The Balaban J connectivity index is 1.54. The minimum atomic E-state index is -0.163. The molecule has 1 atom stereocenters. The molecule has 0 unspecified atom stereocenters. The second-order valence-electron chi connectivity index (χ2n) is 6.11. The van der Waals surface area contributed by atoms with Gasteiger partial charge in [-0.1, -0.05) is 29.3 Å². The van der Waals surface area contributed by atoms with Crippen molar-refractivity contribution in [2.45, 2.75) is 13.3 Å². The molecule has 6 heteroatoms. The predicted octanol–water partition coefficient (Wildman–Crippen LogP) is 2.64. The summed E-state index contributed by atoms with van der Waals surface area (Å²) in [5.41, 5.74) is 2.93. The second kappa shape index (κ2) is 6.62. The van der Waals surface area contributed by atoms with Crippen molar-refractivity contribution in [2.24, 2.45) is 13.0 Å². The Hall–Kier alpha value is -2.01. The van der Waals surface area contributed by atoms with Crippen molar-refractivity contribution in [3.8, 4) is 0 Å². The number of aromatic nitrogens is 2. The third kappa shape index (κ3) is 3.50. The van der Waals surface area contributed by atoms with Gasteiger partial charge in [0.1, 0.15) is 5.69 Å². The SMILES string of the molecule is Cc1ccc(N2CC[C@@H](CNC(=O)c3c(Cl)cnn3C)C2)cc1. The topological polar surface area (TPSA) is 50.2 Å². The number of hydrogen-bond acceptors (Lipinski definition) is 3. The van der Waals surface area contributed by atoms with Gasteiger partial charge in [-0.2, -0.15) is 5.10 Å². The molecule has 3 rings (SSSR count). The Labute approximate surface area is 141 Å². The van der Waals surface area contributed by atoms with Crippen LogP contribution in [-0.2, 0) is 7.05 Å². The molecule has 1 N–H and O–H groups in total. The number of aryl methyl sites for hydroxylation is 2. The maximum Gasteiger partial charge on any atom is 0.271 e. The highest BCUT2D eigenvalue weighted by atomic mass is 35.5. The monoisotopic (exact) mass is 332 g/mol. The van der Waals surface area contributed by atoms with E-state index in [2.05, 4.69) is 46.5 Å². The molecule has 0 saturated carbocycles. The van der Waals surface area contributed by atoms with Gasteiger partial charge in [0.05, 0.1) is 11.2 Å². The molecule has 1 saturated heterocycles. The van der Waals surface area contributed by atoms with Crippen molar-refractivity contribution < 1.29 is 4.79 Å². The molecule has 1 aromatic carbocycles. The van der Waals surface area contributed by atoms with Crippen molar-refractivity contribution in [3.05, 3.63) is 46.7 Å². The molecule has 1 fully saturated rings. The van der Waals surface area contributed by atoms with Crippen LogP contribution in [-0.4, -0.2) is 35.3 Å². The summed E-state index contributed by atoms with van der Waals surface area (Å²) >= 11 is 6.00. The zero-order chi connectivity index (χ0) is 16.4. The molecule has 0 radical (unpaired) electrons. The highest BCUT2D eigenvalue weighted by molar-refractivity contribution is 6.33. The summed E-state index contributed by atoms with van der Waals surface area (Å²) in [7, 11) is 1.72. The fourth-order valence-electron chi connectivity index (χ4n) is 2.98. The first-order chi connectivity index (χ1) is 11.0. The Morgan fingerprint density at radius 2 is 2.13 bits per heavy atom. The molecule has 0 aliphatic carbocycles. The van der Waals surface area contributed by atoms with Crippen molar-refractivity contribution in [3.63, 3.8) is 0 Å². The van der Waals surface area contributed by atoms with Crippen molar-refractivity contribution in [1.29, 1.82) is 0 Å². The summed E-state index contributed by atoms with van der Waals surface area (Å²) in [6, 6.07) is 8.58. The zero-order valence-corrected chi connectivity index (χ0v) is 14.2. The van der Waals surface area contributed by atoms with Gasteiger partial charge in [0, 0.05) is 32.4 Å². The molecule has 122 valence electrons. The third-order valence-electron chi connectivity index (χ3n) is 4.35. The normalized spacial score (nSPS) is 17.5. The van der Waals surface area contributed by atoms with E-state index in [4.69, 9.17) is 11.6 Å². The maximum atomic E-state index is 12.2. The number of anilines is 1. The average molecular weight is 333 g/mol. The smallest absolute Gasteiger partial charge is 0.271 e. The molecule has 1 aliphatic rings. The van der Waals surface area contributed by atoms with Crippen LogP contribution in [0.4, 0.5) is 5.69 Å². The summed E-state index contributed by atoms with van der Waals surface area (Å²) in [4.78, 5) is 14.6. The number of nitrogens with zero attached hydrogens (tertiary/aromatic N) is 3. The van der Waals surface area contributed by atoms with Crippen LogP contribution in [0.1, 0.15) is 22.5 Å². The molecule has 0 bridgehead atoms. The van der Waals surface area contributed by atoms with Crippen molar-refractivity contribution in [2.75, 3.05) is 24.5 Å². The van der Waals surface area contributed by atoms with Crippen LogP contribution in [0, 0.1) is 12.8 Å². The number of rotatable bonds is 4. The first-order valence-corrected chi connectivity index (χ1v) is 8.19. The van der Waals surface area contributed by atoms with Gasteiger partial charge in [0.15, 0.2) is 0 Å². The molecule has 2 heterocycles. The third-order valence-corrected chi connectivity index (χ3v) is 4.62. The number of hydrogen-bond donors (Lipinski definition) is 1. The lowest BCUT2D eigenvalue weighted by Gasteiger charge is -2.19. The van der Waals surface area contributed by atoms with Gasteiger partial charge in [-0.15, -0.1) is 0 Å². The standard InChI is InChI=1S/C17H21ClN4O/c1-12-3-5-14(6-4-12)22-8-7-13(11-22)9-19-17(23)16-15(18)10-20-21(16)2/h3-6,10,13H,7-9,11H2,1-2H3,(H,19,23)/t13-/m0/s1. The molecular formula is C17H21ClN4O. The van der Waals surface area contributed by atoms with E-state index in [0.717, 1.165) is 19.5 Å². The van der Waals surface area contributed by atoms with Gasteiger partial charge in [-0.3, -0.25) is 9.48 Å². The van der Waals surface area contributed by atoms with E-state index in [1.165, 1.54) is 22.1 Å². The van der Waals surface area contributed by atoms with E-state index in [0.29, 0.717) is 23.2 Å². The minimum absolute atomic E-state index is 0.163. The minimum Gasteiger partial charge on any atom is -0.371 e. The van der Waals surface area contributed by atoms with Crippen LogP contribution in [0.25, 0.3) is 0 Å². The van der Waals surface area contributed by atoms with Gasteiger partial charge in [0.25, 0.3) is 5.91 Å². The number of carbonyl (C=O) groups is 1. The van der Waals surface area contributed by atoms with Crippen LogP contribution in [0.5, 0.6) is 0 Å². The quantitative estimate of drug-likeness (QED) is 0.936. The van der Waals surface area contributed by atoms with Gasteiger partial charge in [-0.05, 0) is 31.4 Å². The second-order valence-corrected chi connectivity index (χ2v) is 6.52. The van der Waals surface area contributed by atoms with Gasteiger partial charge in [-0.25, -0.2) is 0 Å². The van der Waals surface area contributed by atoms with Crippen LogP contribution in [0.3, 0.4) is 0 Å². The Morgan fingerprint density at radius 3 is 2.78 bits per heavy atom. The number of halogens is 1. The van der Waals surface area contributed by atoms with E-state index in [1.807, 2.05) is 0 Å². The van der Waals surface area contributed by atoms with Crippen LogP contribution < -0.4 is 10.2 Å². The van der Waals surface area contributed by atoms with Gasteiger partial charge < -0.3 is 10.2 Å². The molecular weight excluding hydrogens is 312 g/mol. The van der Waals surface area contributed by atoms with E-state index < -0.39 is 0 Å². The Kier molecular flexibility index (Phi) is 4.57. The maximum absolute atomic E-state index is 12.2. The zero-order valence-electron chi connectivity index (χ0n) is 13.4. The Bertz CT molecular complexity index is 676. The molecule has 0 spiro atoms. The molecule has 1 aromatic heterocycles. The van der Waals surface area contributed by atoms with Gasteiger partial charge >= 0.3 is 0 Å². The number of carbonyl (C=O) groups excluding carboxylic acids is 1. The lowest BCUT2D eigenvalue weighted by molar-refractivity contribution is 0.0939. The Morgan fingerprint density at radius 1 is 1.39 bits per heavy atom. The first kappa shape index (κ1) is 15.9. The molecule has 1 amide bonds. The van der Waals surface area contributed by atoms with Crippen LogP contribution in [0.2, 0.25) is 5.02 Å². The summed E-state index contributed by atoms with van der Waals surface area (Å²) in [5.74, 6) is 0.288. The fourth-order valence-corrected chi connectivity index (χ4v) is 3.23. The van der Waals surface area contributed by atoms with E-state index in [9.17, 15) is 4.79 Å². The largest absolute Gasteiger partial charge is 0.371 e. The van der Waals surface area contributed by atoms with Crippen molar-refractivity contribution in [1.82, 2.24) is 15.1 Å². The molecule has 5 nitrogen and oxygen atoms in total. The summed E-state index contributed by atoms with van der Waals surface area (Å²) in [5, 5.41) is 7.36. The van der Waals surface area contributed by atoms with Gasteiger partial charge in [0.2, 0.25) is 0 Å². The highest BCUT2D eigenvalue weighted by Crippen LogP contribution is 2.24. The fraction of sp³-hybridized carbons (Fsp3) is 0.412. The molecule has 1 aliphatic heterocycles. The average Bonchev–Trinajstić information content (AvgIpc) is 3.13. The first-order valence-electron chi connectivity index (χ1n) is 7.82. The lowest BCUT2D eigenvalue weighted by Crippen LogP contribution is -2.32. The van der Waals surface area contributed by atoms with Crippen LogP contribution >= 0.6 is 11.6 Å². The number of nitrogens with one attached hydrogen (secondary N) is 1. The van der Waals surface area contributed by atoms with Crippen molar-refractivity contribution >= 4 is 23.2 Å².